The van der Waals surface area contributed by atoms with Gasteiger partial charge in [0.1, 0.15) is 11.0 Å². The Bertz CT molecular complexity index is 470. The van der Waals surface area contributed by atoms with Crippen molar-refractivity contribution in [3.8, 4) is 11.8 Å². The molecule has 0 spiro atoms. The lowest BCUT2D eigenvalue weighted by molar-refractivity contribution is 0.414. The lowest BCUT2D eigenvalue weighted by atomic mass is 10.3. The minimum atomic E-state index is -3.53. The molecule has 0 aliphatic heterocycles. The molecule has 0 N–H and O–H groups in total. The van der Waals surface area contributed by atoms with Crippen LogP contribution in [0.2, 0.25) is 0 Å². The zero-order valence-corrected chi connectivity index (χ0v) is 9.28. The van der Waals surface area contributed by atoms with Crippen molar-refractivity contribution in [1.29, 1.82) is 5.26 Å². The molecule has 80 valence electrons. The van der Waals surface area contributed by atoms with Gasteiger partial charge in [-0.15, -0.1) is 0 Å². The van der Waals surface area contributed by atoms with Crippen molar-refractivity contribution in [1.82, 2.24) is 0 Å². The average Bonchev–Trinajstić information content (AvgIpc) is 2.28. The first kappa shape index (κ1) is 11.5. The van der Waals surface area contributed by atoms with Crippen molar-refractivity contribution < 1.29 is 13.2 Å². The van der Waals surface area contributed by atoms with Gasteiger partial charge in [0.05, 0.1) is 18.1 Å². The maximum Gasteiger partial charge on any atom is 0.194 e. The number of ether oxygens (including phenoxy) is 1. The molecule has 1 rings (SSSR count). The van der Waals surface area contributed by atoms with E-state index in [-0.39, 0.29) is 4.90 Å². The van der Waals surface area contributed by atoms with E-state index in [0.717, 1.165) is 0 Å². The highest BCUT2D eigenvalue weighted by molar-refractivity contribution is 7.92. The fraction of sp³-hybridized carbons (Fsp3) is 0.300. The van der Waals surface area contributed by atoms with Crippen molar-refractivity contribution >= 4 is 9.84 Å². The Balaban J connectivity index is 3.13. The van der Waals surface area contributed by atoms with Gasteiger partial charge in [-0.25, -0.2) is 8.42 Å². The second-order valence-electron chi connectivity index (χ2n) is 2.99. The molecule has 1 unspecified atom stereocenters. The Labute approximate surface area is 89.0 Å². The topological polar surface area (TPSA) is 67.2 Å². The Kier molecular flexibility index (Phi) is 3.32. The molecule has 1 aromatic rings. The van der Waals surface area contributed by atoms with E-state index in [1.54, 1.807) is 18.2 Å². The number of hydrogen-bond acceptors (Lipinski definition) is 4. The summed E-state index contributed by atoms with van der Waals surface area (Å²) >= 11 is 0. The van der Waals surface area contributed by atoms with Crippen molar-refractivity contribution in [3.05, 3.63) is 24.3 Å². The summed E-state index contributed by atoms with van der Waals surface area (Å²) in [4.78, 5) is 0.136. The highest BCUT2D eigenvalue weighted by Crippen LogP contribution is 2.19. The maximum atomic E-state index is 11.7. The van der Waals surface area contributed by atoms with Gasteiger partial charge in [0.25, 0.3) is 0 Å². The van der Waals surface area contributed by atoms with Crippen molar-refractivity contribution in [2.45, 2.75) is 17.1 Å². The summed E-state index contributed by atoms with van der Waals surface area (Å²) < 4.78 is 28.3. The van der Waals surface area contributed by atoms with E-state index in [2.05, 4.69) is 0 Å². The first-order chi connectivity index (χ1) is 7.02. The summed E-state index contributed by atoms with van der Waals surface area (Å²) in [5, 5.41) is 7.54. The Morgan fingerprint density at radius 1 is 1.33 bits per heavy atom. The van der Waals surface area contributed by atoms with Crippen LogP contribution in [0, 0.1) is 11.3 Å². The second kappa shape index (κ2) is 4.32. The number of rotatable bonds is 3. The first-order valence-electron chi connectivity index (χ1n) is 4.30. The molecular weight excluding hydrogens is 214 g/mol. The monoisotopic (exact) mass is 225 g/mol. The van der Waals surface area contributed by atoms with Gasteiger partial charge >= 0.3 is 0 Å². The van der Waals surface area contributed by atoms with E-state index in [1.807, 2.05) is 0 Å². The largest absolute Gasteiger partial charge is 0.497 e. The zero-order chi connectivity index (χ0) is 11.5. The van der Waals surface area contributed by atoms with Gasteiger partial charge in [-0.2, -0.15) is 5.26 Å². The molecule has 1 atom stereocenters. The van der Waals surface area contributed by atoms with Crippen LogP contribution in [0.3, 0.4) is 0 Å². The van der Waals surface area contributed by atoms with Crippen LogP contribution in [-0.2, 0) is 9.84 Å². The molecule has 0 saturated heterocycles. The third kappa shape index (κ3) is 2.28. The minimum absolute atomic E-state index is 0.136. The molecule has 15 heavy (non-hydrogen) atoms. The summed E-state index contributed by atoms with van der Waals surface area (Å²) in [6.45, 7) is 1.36. The molecule has 0 saturated carbocycles. The number of sulfone groups is 1. The predicted octanol–water partition coefficient (Wildman–Crippen LogP) is 1.38. The summed E-state index contributed by atoms with van der Waals surface area (Å²) in [7, 11) is -2.03. The molecular formula is C10H11NO3S. The SMILES string of the molecule is COc1ccc(S(=O)(=O)C(C)C#N)cc1. The molecule has 0 fully saturated rings. The molecule has 4 nitrogen and oxygen atoms in total. The molecule has 0 amide bonds. The minimum Gasteiger partial charge on any atom is -0.497 e. The fourth-order valence-corrected chi connectivity index (χ4v) is 2.10. The number of nitrogens with zero attached hydrogens (tertiary/aromatic N) is 1. The van der Waals surface area contributed by atoms with Crippen LogP contribution < -0.4 is 4.74 Å². The third-order valence-corrected chi connectivity index (χ3v) is 4.00. The standard InChI is InChI=1S/C10H11NO3S/c1-8(7-11)15(12,13)10-5-3-9(14-2)4-6-10/h3-6,8H,1-2H3. The molecule has 0 radical (unpaired) electrons. The van der Waals surface area contributed by atoms with E-state index in [1.165, 1.54) is 26.2 Å². The number of nitriles is 1. The van der Waals surface area contributed by atoms with Crippen molar-refractivity contribution in [2.24, 2.45) is 0 Å². The second-order valence-corrected chi connectivity index (χ2v) is 5.26. The first-order valence-corrected chi connectivity index (χ1v) is 5.84. The van der Waals surface area contributed by atoms with Crippen LogP contribution in [0.1, 0.15) is 6.92 Å². The van der Waals surface area contributed by atoms with Crippen LogP contribution in [-0.4, -0.2) is 20.8 Å². The average molecular weight is 225 g/mol. The number of methoxy groups -OCH3 is 1. The maximum absolute atomic E-state index is 11.7. The zero-order valence-electron chi connectivity index (χ0n) is 8.47. The van der Waals surface area contributed by atoms with Crippen LogP contribution in [0.25, 0.3) is 0 Å². The van der Waals surface area contributed by atoms with E-state index < -0.39 is 15.1 Å². The van der Waals surface area contributed by atoms with E-state index in [0.29, 0.717) is 5.75 Å². The molecule has 0 heterocycles. The summed E-state index contributed by atoms with van der Waals surface area (Å²) in [5.41, 5.74) is 0. The molecule has 0 aromatic heterocycles. The van der Waals surface area contributed by atoms with E-state index in [4.69, 9.17) is 10.00 Å². The summed E-state index contributed by atoms with van der Waals surface area (Å²) in [6, 6.07) is 7.68. The summed E-state index contributed by atoms with van der Waals surface area (Å²) in [5.74, 6) is 0.582. The van der Waals surface area contributed by atoms with E-state index in [9.17, 15) is 8.42 Å². The molecule has 0 bridgehead atoms. The van der Waals surface area contributed by atoms with E-state index >= 15 is 0 Å². The van der Waals surface area contributed by atoms with Crippen LogP contribution in [0.15, 0.2) is 29.2 Å². The quantitative estimate of drug-likeness (QED) is 0.779. The molecule has 5 heteroatoms. The Morgan fingerprint density at radius 2 is 1.87 bits per heavy atom. The van der Waals surface area contributed by atoms with Gasteiger partial charge in [0.2, 0.25) is 0 Å². The van der Waals surface area contributed by atoms with Gasteiger partial charge in [-0.1, -0.05) is 0 Å². The number of benzene rings is 1. The van der Waals surface area contributed by atoms with Crippen LogP contribution >= 0.6 is 0 Å². The van der Waals surface area contributed by atoms with Gasteiger partial charge in [0.15, 0.2) is 9.84 Å². The van der Waals surface area contributed by atoms with Crippen molar-refractivity contribution in [3.63, 3.8) is 0 Å². The summed E-state index contributed by atoms with van der Waals surface area (Å²) in [6.07, 6.45) is 0. The van der Waals surface area contributed by atoms with Crippen LogP contribution in [0.4, 0.5) is 0 Å². The molecule has 0 aliphatic rings. The molecule has 0 aliphatic carbocycles. The van der Waals surface area contributed by atoms with Gasteiger partial charge in [-0.05, 0) is 31.2 Å². The Morgan fingerprint density at radius 3 is 2.27 bits per heavy atom. The van der Waals surface area contributed by atoms with Gasteiger partial charge in [0, 0.05) is 0 Å². The highest BCUT2D eigenvalue weighted by Gasteiger charge is 2.22. The number of hydrogen-bond donors (Lipinski definition) is 0. The lowest BCUT2D eigenvalue weighted by Crippen LogP contribution is -2.15. The fourth-order valence-electron chi connectivity index (χ4n) is 1.04. The smallest absolute Gasteiger partial charge is 0.194 e. The predicted molar refractivity (Wildman–Crippen MR) is 55.3 cm³/mol. The van der Waals surface area contributed by atoms with Crippen LogP contribution in [0.5, 0.6) is 5.75 Å². The third-order valence-electron chi connectivity index (χ3n) is 2.04. The Hall–Kier alpha value is -1.54. The van der Waals surface area contributed by atoms with Gasteiger partial charge in [-0.3, -0.25) is 0 Å². The normalized spacial score (nSPS) is 12.9. The lowest BCUT2D eigenvalue weighted by Gasteiger charge is -2.06. The highest BCUT2D eigenvalue weighted by atomic mass is 32.2. The van der Waals surface area contributed by atoms with Crippen molar-refractivity contribution in [2.75, 3.05) is 7.11 Å². The van der Waals surface area contributed by atoms with Gasteiger partial charge < -0.3 is 4.74 Å². The molecule has 1 aromatic carbocycles.